The smallest absolute Gasteiger partial charge is 0.313 e. The van der Waals surface area contributed by atoms with E-state index in [-0.39, 0.29) is 5.02 Å². The zero-order chi connectivity index (χ0) is 16.5. The van der Waals surface area contributed by atoms with Crippen molar-refractivity contribution in [1.82, 2.24) is 10.2 Å². The Kier molecular flexibility index (Phi) is 8.24. The van der Waals surface area contributed by atoms with Gasteiger partial charge in [-0.1, -0.05) is 37.0 Å². The summed E-state index contributed by atoms with van der Waals surface area (Å²) in [5, 5.41) is 5.80. The topological polar surface area (TPSA) is 61.4 Å². The van der Waals surface area contributed by atoms with E-state index in [1.807, 2.05) is 0 Å². The Morgan fingerprint density at radius 3 is 2.41 bits per heavy atom. The van der Waals surface area contributed by atoms with Gasteiger partial charge in [0.2, 0.25) is 0 Å². The third-order valence-electron chi connectivity index (χ3n) is 3.22. The Bertz CT molecular complexity index is 520. The fraction of sp³-hybridized carbons (Fsp3) is 0.467. The summed E-state index contributed by atoms with van der Waals surface area (Å²) in [6, 6.07) is 4.64. The van der Waals surface area contributed by atoms with Crippen molar-refractivity contribution in [2.75, 3.05) is 31.5 Å². The number of halogens is 2. The number of benzene rings is 1. The Morgan fingerprint density at radius 1 is 1.14 bits per heavy atom. The van der Waals surface area contributed by atoms with Crippen molar-refractivity contribution in [3.05, 3.63) is 28.2 Å². The first-order valence-electron chi connectivity index (χ1n) is 7.24. The number of carbonyl (C=O) groups excluding carboxylic acids is 2. The lowest BCUT2D eigenvalue weighted by Crippen LogP contribution is -2.37. The molecule has 0 bridgehead atoms. The van der Waals surface area contributed by atoms with E-state index >= 15 is 0 Å². The summed E-state index contributed by atoms with van der Waals surface area (Å²) >= 11 is 11.7. The van der Waals surface area contributed by atoms with Gasteiger partial charge in [-0.3, -0.25) is 9.59 Å². The van der Waals surface area contributed by atoms with Crippen LogP contribution in [0.3, 0.4) is 0 Å². The summed E-state index contributed by atoms with van der Waals surface area (Å²) in [6.07, 6.45) is 0.794. The van der Waals surface area contributed by atoms with Crippen molar-refractivity contribution in [2.24, 2.45) is 0 Å². The predicted octanol–water partition coefficient (Wildman–Crippen LogP) is 2.78. The highest BCUT2D eigenvalue weighted by Crippen LogP contribution is 2.25. The molecule has 2 N–H and O–H groups in total. The van der Waals surface area contributed by atoms with Crippen molar-refractivity contribution in [3.63, 3.8) is 0 Å². The second kappa shape index (κ2) is 9.66. The monoisotopic (exact) mass is 345 g/mol. The zero-order valence-electron chi connectivity index (χ0n) is 12.8. The molecule has 0 spiro atoms. The minimum atomic E-state index is -0.743. The Labute approximate surface area is 141 Å². The molecular weight excluding hydrogens is 325 g/mol. The summed E-state index contributed by atoms with van der Waals surface area (Å²) in [6.45, 7) is 7.46. The highest BCUT2D eigenvalue weighted by Gasteiger charge is 2.14. The lowest BCUT2D eigenvalue weighted by atomic mass is 10.3. The highest BCUT2D eigenvalue weighted by atomic mass is 35.5. The van der Waals surface area contributed by atoms with Crippen LogP contribution in [-0.2, 0) is 9.59 Å². The first-order valence-corrected chi connectivity index (χ1v) is 8.00. The van der Waals surface area contributed by atoms with Gasteiger partial charge in [-0.2, -0.15) is 0 Å². The molecular formula is C15H21Cl2N3O2. The summed E-state index contributed by atoms with van der Waals surface area (Å²) < 4.78 is 0. The van der Waals surface area contributed by atoms with Crippen molar-refractivity contribution in [1.29, 1.82) is 0 Å². The molecule has 5 nitrogen and oxygen atoms in total. The van der Waals surface area contributed by atoms with E-state index in [0.717, 1.165) is 26.1 Å². The van der Waals surface area contributed by atoms with Crippen molar-refractivity contribution >= 4 is 40.7 Å². The van der Waals surface area contributed by atoms with E-state index in [1.54, 1.807) is 12.1 Å². The summed E-state index contributed by atoms with van der Waals surface area (Å²) in [5.74, 6) is -1.42. The van der Waals surface area contributed by atoms with E-state index in [0.29, 0.717) is 17.3 Å². The van der Waals surface area contributed by atoms with E-state index < -0.39 is 11.8 Å². The average Bonchev–Trinajstić information content (AvgIpc) is 2.50. The number of anilines is 1. The lowest BCUT2D eigenvalue weighted by Gasteiger charge is -2.17. The van der Waals surface area contributed by atoms with Crippen LogP contribution in [0.1, 0.15) is 20.3 Å². The van der Waals surface area contributed by atoms with Crippen LogP contribution in [0.5, 0.6) is 0 Å². The van der Waals surface area contributed by atoms with Crippen molar-refractivity contribution < 1.29 is 9.59 Å². The number of rotatable bonds is 7. The molecule has 0 saturated carbocycles. The van der Waals surface area contributed by atoms with Crippen LogP contribution in [0.15, 0.2) is 18.2 Å². The van der Waals surface area contributed by atoms with Gasteiger partial charge in [0.15, 0.2) is 0 Å². The maximum atomic E-state index is 11.8. The third-order valence-corrected chi connectivity index (χ3v) is 3.76. The first-order chi connectivity index (χ1) is 10.5. The Morgan fingerprint density at radius 2 is 1.82 bits per heavy atom. The molecule has 1 aromatic rings. The van der Waals surface area contributed by atoms with Gasteiger partial charge in [0.25, 0.3) is 0 Å². The van der Waals surface area contributed by atoms with Crippen LogP contribution in [0, 0.1) is 0 Å². The molecule has 2 amide bonds. The number of nitrogens with zero attached hydrogens (tertiary/aromatic N) is 1. The first kappa shape index (κ1) is 18.7. The molecule has 22 heavy (non-hydrogen) atoms. The van der Waals surface area contributed by atoms with Gasteiger partial charge >= 0.3 is 11.8 Å². The molecule has 7 heteroatoms. The molecule has 0 aliphatic heterocycles. The minimum Gasteiger partial charge on any atom is -0.348 e. The molecule has 0 aliphatic rings. The van der Waals surface area contributed by atoms with Crippen LogP contribution < -0.4 is 10.6 Å². The van der Waals surface area contributed by atoms with E-state index in [4.69, 9.17) is 23.2 Å². The normalized spacial score (nSPS) is 10.6. The molecule has 0 radical (unpaired) electrons. The van der Waals surface area contributed by atoms with Crippen molar-refractivity contribution in [2.45, 2.75) is 20.3 Å². The molecule has 1 rings (SSSR count). The standard InChI is InChI=1S/C15H21Cl2N3O2/c1-3-20(4-2)9-5-8-18-14(21)15(22)19-13-7-6-11(16)10-12(13)17/h6-7,10H,3-5,8-9H2,1-2H3,(H,18,21)(H,19,22). The maximum absolute atomic E-state index is 11.8. The number of hydrogen-bond donors (Lipinski definition) is 2. The van der Waals surface area contributed by atoms with E-state index in [1.165, 1.54) is 6.07 Å². The maximum Gasteiger partial charge on any atom is 0.313 e. The van der Waals surface area contributed by atoms with Gasteiger partial charge in [-0.25, -0.2) is 0 Å². The van der Waals surface area contributed by atoms with Gasteiger partial charge in [-0.05, 0) is 44.3 Å². The van der Waals surface area contributed by atoms with Gasteiger partial charge in [0.1, 0.15) is 0 Å². The average molecular weight is 346 g/mol. The number of amides is 2. The molecule has 0 unspecified atom stereocenters. The van der Waals surface area contributed by atoms with Crippen LogP contribution in [0.4, 0.5) is 5.69 Å². The van der Waals surface area contributed by atoms with Crippen LogP contribution in [0.2, 0.25) is 10.0 Å². The van der Waals surface area contributed by atoms with E-state index in [2.05, 4.69) is 29.4 Å². The molecule has 0 atom stereocenters. The number of nitrogens with one attached hydrogen (secondary N) is 2. The van der Waals surface area contributed by atoms with Crippen LogP contribution in [-0.4, -0.2) is 42.9 Å². The molecule has 0 saturated heterocycles. The van der Waals surface area contributed by atoms with Gasteiger partial charge in [0.05, 0.1) is 10.7 Å². The molecule has 0 aromatic heterocycles. The second-order valence-corrected chi connectivity index (χ2v) is 5.56. The lowest BCUT2D eigenvalue weighted by molar-refractivity contribution is -0.136. The van der Waals surface area contributed by atoms with Crippen LogP contribution >= 0.6 is 23.2 Å². The highest BCUT2D eigenvalue weighted by molar-refractivity contribution is 6.42. The molecule has 0 fully saturated rings. The molecule has 122 valence electrons. The van der Waals surface area contributed by atoms with Gasteiger partial charge < -0.3 is 15.5 Å². The Balaban J connectivity index is 2.37. The Hall–Kier alpha value is -1.30. The quantitative estimate of drug-likeness (QED) is 0.590. The fourth-order valence-corrected chi connectivity index (χ4v) is 2.35. The molecule has 0 heterocycles. The summed E-state index contributed by atoms with van der Waals surface area (Å²) in [4.78, 5) is 25.7. The summed E-state index contributed by atoms with van der Waals surface area (Å²) in [5.41, 5.74) is 0.356. The van der Waals surface area contributed by atoms with Crippen LogP contribution in [0.25, 0.3) is 0 Å². The zero-order valence-corrected chi connectivity index (χ0v) is 14.3. The largest absolute Gasteiger partial charge is 0.348 e. The number of carbonyl (C=O) groups is 2. The molecule has 0 aliphatic carbocycles. The number of hydrogen-bond acceptors (Lipinski definition) is 3. The minimum absolute atomic E-state index is 0.287. The fourth-order valence-electron chi connectivity index (χ4n) is 1.89. The second-order valence-electron chi connectivity index (χ2n) is 4.71. The molecule has 1 aromatic carbocycles. The third kappa shape index (κ3) is 6.22. The van der Waals surface area contributed by atoms with Crippen molar-refractivity contribution in [3.8, 4) is 0 Å². The van der Waals surface area contributed by atoms with Gasteiger partial charge in [0, 0.05) is 11.6 Å². The van der Waals surface area contributed by atoms with Gasteiger partial charge in [-0.15, -0.1) is 0 Å². The summed E-state index contributed by atoms with van der Waals surface area (Å²) in [7, 11) is 0. The van der Waals surface area contributed by atoms with E-state index in [9.17, 15) is 9.59 Å². The predicted molar refractivity (Wildman–Crippen MR) is 90.5 cm³/mol. The SMILES string of the molecule is CCN(CC)CCCNC(=O)C(=O)Nc1ccc(Cl)cc1Cl.